The van der Waals surface area contributed by atoms with Crippen molar-refractivity contribution in [2.45, 2.75) is 103 Å². The molecule has 0 unspecified atom stereocenters. The van der Waals surface area contributed by atoms with Gasteiger partial charge >= 0.3 is 12.1 Å². The van der Waals surface area contributed by atoms with Gasteiger partial charge in [0.15, 0.2) is 0 Å². The molecule has 0 heterocycles. The Morgan fingerprint density at radius 2 is 0.660 bits per heavy atom. The van der Waals surface area contributed by atoms with Crippen LogP contribution in [-0.4, -0.2) is 91.6 Å². The van der Waals surface area contributed by atoms with Crippen LogP contribution in [0.4, 0.5) is 4.79 Å². The Hall–Kier alpha value is -3.91. The van der Waals surface area contributed by atoms with Gasteiger partial charge in [-0.25, -0.2) is 4.79 Å². The molecule has 0 aromatic heterocycles. The van der Waals surface area contributed by atoms with Gasteiger partial charge in [-0.2, -0.15) is 0 Å². The maximum absolute atomic E-state index is 13.3. The highest BCUT2D eigenvalue weighted by Gasteiger charge is 2.58. The monoisotopic (exact) mass is 700 g/mol. The molecule has 6 rings (SSSR count). The van der Waals surface area contributed by atoms with E-state index in [0.29, 0.717) is 77.0 Å². The minimum atomic E-state index is -0.897. The van der Waals surface area contributed by atoms with Crippen LogP contribution >= 0.6 is 0 Å². The fourth-order valence-corrected chi connectivity index (χ4v) is 6.53. The molecule has 6 aliphatic rings. The lowest BCUT2D eigenvalue weighted by Gasteiger charge is -2.23. The number of hydrogen-bond donors (Lipinski definition) is 7. The van der Waals surface area contributed by atoms with Crippen molar-refractivity contribution in [3.8, 4) is 0 Å². The highest BCUT2D eigenvalue weighted by atomic mass is 16.6. The molecule has 6 saturated carbocycles. The molecule has 0 spiro atoms. The summed E-state index contributed by atoms with van der Waals surface area (Å²) in [5.41, 5.74) is -5.05. The molecule has 50 heavy (non-hydrogen) atoms. The van der Waals surface area contributed by atoms with Crippen molar-refractivity contribution in [3.05, 3.63) is 0 Å². The molecule has 6 aliphatic carbocycles. The lowest BCUT2D eigenvalue weighted by atomic mass is 10.0. The van der Waals surface area contributed by atoms with Crippen LogP contribution in [0.2, 0.25) is 0 Å². The van der Waals surface area contributed by atoms with Crippen LogP contribution in [0, 0.1) is 32.5 Å². The lowest BCUT2D eigenvalue weighted by Crippen LogP contribution is -2.49. The van der Waals surface area contributed by atoms with Crippen LogP contribution in [0.15, 0.2) is 0 Å². The molecule has 276 valence electrons. The molecule has 0 saturated heterocycles. The van der Waals surface area contributed by atoms with Crippen molar-refractivity contribution in [3.63, 3.8) is 0 Å². The first kappa shape index (κ1) is 35.9. The Kier molecular flexibility index (Phi) is 8.90. The van der Waals surface area contributed by atoms with Gasteiger partial charge in [0.05, 0.1) is 32.5 Å². The molecule has 6 amide bonds. The van der Waals surface area contributed by atoms with Gasteiger partial charge in [0.2, 0.25) is 29.5 Å². The molecule has 0 bridgehead atoms. The highest BCUT2D eigenvalue weighted by molar-refractivity contribution is 5.92. The lowest BCUT2D eigenvalue weighted by molar-refractivity contribution is -0.143. The molecule has 0 aromatic rings. The number of carbonyl (C=O) groups is 7. The van der Waals surface area contributed by atoms with Crippen molar-refractivity contribution in [2.75, 3.05) is 39.3 Å². The summed E-state index contributed by atoms with van der Waals surface area (Å²) in [6.07, 6.45) is 6.80. The maximum atomic E-state index is 13.3. The molecule has 0 aliphatic heterocycles. The number of alkyl carbamates (subject to hydrolysis) is 1. The smallest absolute Gasteiger partial charge is 0.407 e. The zero-order valence-corrected chi connectivity index (χ0v) is 29.4. The van der Waals surface area contributed by atoms with E-state index >= 15 is 0 Å². The van der Waals surface area contributed by atoms with E-state index in [1.165, 1.54) is 0 Å². The van der Waals surface area contributed by atoms with Crippen LogP contribution in [0.1, 0.15) is 97.8 Å². The van der Waals surface area contributed by atoms with Gasteiger partial charge < -0.3 is 41.7 Å². The van der Waals surface area contributed by atoms with Gasteiger partial charge in [0.1, 0.15) is 5.60 Å². The van der Waals surface area contributed by atoms with Crippen molar-refractivity contribution >= 4 is 41.6 Å². The first-order valence-corrected chi connectivity index (χ1v) is 18.0. The average molecular weight is 701 g/mol. The van der Waals surface area contributed by atoms with Crippen LogP contribution in [0.25, 0.3) is 0 Å². The van der Waals surface area contributed by atoms with Gasteiger partial charge in [-0.05, 0) is 97.8 Å². The van der Waals surface area contributed by atoms with E-state index in [2.05, 4.69) is 31.9 Å². The summed E-state index contributed by atoms with van der Waals surface area (Å²) in [4.78, 5) is 88.9. The summed E-state index contributed by atoms with van der Waals surface area (Å²) in [5, 5.41) is 26.6. The number of hydrogen-bond acceptors (Lipinski definition) is 8. The number of ether oxygens (including phenoxy) is 1. The predicted octanol–water partition coefficient (Wildman–Crippen LogP) is 0.858. The van der Waals surface area contributed by atoms with E-state index in [1.807, 2.05) is 0 Å². The number of amides is 6. The molecule has 0 aromatic carbocycles. The molecule has 15 heteroatoms. The van der Waals surface area contributed by atoms with Crippen LogP contribution in [0.5, 0.6) is 0 Å². The van der Waals surface area contributed by atoms with Crippen molar-refractivity contribution in [1.82, 2.24) is 31.9 Å². The molecule has 6 fully saturated rings. The second-order valence-corrected chi connectivity index (χ2v) is 17.3. The highest BCUT2D eigenvalue weighted by Crippen LogP contribution is 2.51. The van der Waals surface area contributed by atoms with E-state index in [4.69, 9.17) is 4.74 Å². The third-order valence-corrected chi connectivity index (χ3v) is 11.9. The Balaban J connectivity index is 0.898. The van der Waals surface area contributed by atoms with E-state index in [9.17, 15) is 38.7 Å². The van der Waals surface area contributed by atoms with E-state index in [-0.39, 0.29) is 68.8 Å². The SMILES string of the molecule is CC(C)(C)OC(=O)NCC1(C(=O)NCC2(C(=O)NCC3(C(=O)NCC4(C(=O)NCC5(C(=O)NCC6(C(=O)O)CC6)CC5)CC4)CC3)CC2)CC1. The first-order valence-electron chi connectivity index (χ1n) is 18.0. The summed E-state index contributed by atoms with van der Waals surface area (Å²) >= 11 is 0. The number of rotatable bonds is 18. The molecule has 0 atom stereocenters. The zero-order valence-electron chi connectivity index (χ0n) is 29.4. The summed E-state index contributed by atoms with van der Waals surface area (Å²) < 4.78 is 5.26. The second kappa shape index (κ2) is 12.4. The standard InChI is InChI=1S/C35H52N6O9/c1-29(2,3)50-28(49)41-20-34(12-13-34)26(46)39-18-32(8-9-32)24(44)37-16-30(4-5-30)22(42)36-17-31(6-7-31)23(43)38-19-33(10-11-33)25(45)40-21-35(14-15-35)27(47)48/h4-21H2,1-3H3,(H,36,42)(H,37,44)(H,38,43)(H,39,46)(H,40,45)(H,41,49)(H,47,48). The third-order valence-electron chi connectivity index (χ3n) is 11.9. The maximum Gasteiger partial charge on any atom is 0.407 e. The van der Waals surface area contributed by atoms with Crippen LogP contribution in [0.3, 0.4) is 0 Å². The van der Waals surface area contributed by atoms with Crippen molar-refractivity contribution in [1.29, 1.82) is 0 Å². The van der Waals surface area contributed by atoms with E-state index in [0.717, 1.165) is 0 Å². The number of carboxylic acids is 1. The topological polar surface area (TPSA) is 221 Å². The Morgan fingerprint density at radius 3 is 0.860 bits per heavy atom. The molecular formula is C35H52N6O9. The normalized spacial score (nSPS) is 23.8. The average Bonchev–Trinajstić information content (AvgIpc) is 3.86. The number of aliphatic carboxylic acids is 1. The van der Waals surface area contributed by atoms with E-state index < -0.39 is 50.2 Å². The molecule has 0 radical (unpaired) electrons. The number of carbonyl (C=O) groups excluding carboxylic acids is 6. The van der Waals surface area contributed by atoms with Crippen molar-refractivity contribution < 1.29 is 43.4 Å². The van der Waals surface area contributed by atoms with Gasteiger partial charge in [0, 0.05) is 39.3 Å². The number of nitrogens with one attached hydrogen (secondary N) is 6. The van der Waals surface area contributed by atoms with Crippen LogP contribution in [-0.2, 0) is 33.5 Å². The molecular weight excluding hydrogens is 648 g/mol. The molecule has 7 N–H and O–H groups in total. The van der Waals surface area contributed by atoms with Gasteiger partial charge in [0.25, 0.3) is 0 Å². The quantitative estimate of drug-likeness (QED) is 0.108. The fraction of sp³-hybridized carbons (Fsp3) is 0.800. The minimum absolute atomic E-state index is 0.101. The summed E-state index contributed by atoms with van der Waals surface area (Å²) in [7, 11) is 0. The third kappa shape index (κ3) is 7.70. The van der Waals surface area contributed by atoms with Crippen LogP contribution < -0.4 is 31.9 Å². The van der Waals surface area contributed by atoms with Gasteiger partial charge in [-0.3, -0.25) is 28.8 Å². The Labute approximate surface area is 291 Å². The van der Waals surface area contributed by atoms with Crippen molar-refractivity contribution in [2.24, 2.45) is 32.5 Å². The number of carboxylic acid groups (broad SMARTS) is 1. The first-order chi connectivity index (χ1) is 23.4. The Bertz CT molecular complexity index is 1460. The van der Waals surface area contributed by atoms with Gasteiger partial charge in [-0.15, -0.1) is 0 Å². The summed E-state index contributed by atoms with van der Waals surface area (Å²) in [6, 6.07) is 0. The van der Waals surface area contributed by atoms with Gasteiger partial charge in [-0.1, -0.05) is 0 Å². The zero-order chi connectivity index (χ0) is 36.2. The largest absolute Gasteiger partial charge is 0.481 e. The fourth-order valence-electron chi connectivity index (χ4n) is 6.53. The molecule has 15 nitrogen and oxygen atoms in total. The minimum Gasteiger partial charge on any atom is -0.481 e. The van der Waals surface area contributed by atoms with E-state index in [1.54, 1.807) is 20.8 Å². The summed E-state index contributed by atoms with van der Waals surface area (Å²) in [6.45, 7) is 6.29. The predicted molar refractivity (Wildman–Crippen MR) is 177 cm³/mol. The Morgan fingerprint density at radius 1 is 0.440 bits per heavy atom. The summed E-state index contributed by atoms with van der Waals surface area (Å²) in [5.74, 6) is -1.91. The second-order valence-electron chi connectivity index (χ2n) is 17.3.